The summed E-state index contributed by atoms with van der Waals surface area (Å²) in [5.74, 6) is 0.182. The number of hydrogen-bond donors (Lipinski definition) is 0. The number of ether oxygens (including phenoxy) is 1. The minimum absolute atomic E-state index is 0.150. The number of nitrogens with zero attached hydrogens (tertiary/aromatic N) is 3. The van der Waals surface area contributed by atoms with Crippen LogP contribution in [-0.2, 0) is 4.74 Å². The molecule has 0 spiro atoms. The quantitative estimate of drug-likeness (QED) is 0.575. The Morgan fingerprint density at radius 1 is 1.10 bits per heavy atom. The summed E-state index contributed by atoms with van der Waals surface area (Å²) in [7, 11) is 0. The SMILES string of the molecule is CCN(CC)CCOC(=O)c1ccc(C)c(-n2c(C)nc3ccccc3c2=O)c1. The molecule has 2 aromatic carbocycles. The standard InChI is InChI=1S/C23H27N3O3/c1-5-25(6-2)13-14-29-23(28)18-12-11-16(3)21(15-18)26-17(4)24-20-10-8-7-9-19(20)22(26)27/h7-12,15H,5-6,13-14H2,1-4H3. The summed E-state index contributed by atoms with van der Waals surface area (Å²) in [6, 6.07) is 12.5. The molecule has 0 saturated heterocycles. The summed E-state index contributed by atoms with van der Waals surface area (Å²) < 4.78 is 7.00. The Labute approximate surface area is 170 Å². The van der Waals surface area contributed by atoms with Crippen LogP contribution < -0.4 is 5.56 Å². The maximum Gasteiger partial charge on any atom is 0.338 e. The van der Waals surface area contributed by atoms with Gasteiger partial charge in [-0.1, -0.05) is 32.0 Å². The van der Waals surface area contributed by atoms with Gasteiger partial charge in [-0.25, -0.2) is 9.78 Å². The van der Waals surface area contributed by atoms with Crippen molar-refractivity contribution in [2.24, 2.45) is 0 Å². The Balaban J connectivity index is 1.93. The van der Waals surface area contributed by atoms with Crippen LogP contribution in [0.4, 0.5) is 0 Å². The molecule has 0 bridgehead atoms. The Hall–Kier alpha value is -2.99. The van der Waals surface area contributed by atoms with Gasteiger partial charge in [0.25, 0.3) is 5.56 Å². The number of carbonyl (C=O) groups is 1. The van der Waals surface area contributed by atoms with Crippen molar-refractivity contribution in [2.75, 3.05) is 26.2 Å². The molecule has 0 aliphatic heterocycles. The number of para-hydroxylation sites is 1. The highest BCUT2D eigenvalue weighted by Crippen LogP contribution is 2.18. The summed E-state index contributed by atoms with van der Waals surface area (Å²) in [4.78, 5) is 32.4. The van der Waals surface area contributed by atoms with E-state index in [2.05, 4.69) is 23.7 Å². The van der Waals surface area contributed by atoms with E-state index in [-0.39, 0.29) is 5.56 Å². The molecule has 6 nitrogen and oxygen atoms in total. The van der Waals surface area contributed by atoms with Crippen LogP contribution in [-0.4, -0.2) is 46.7 Å². The fourth-order valence-electron chi connectivity index (χ4n) is 3.40. The Bertz CT molecular complexity index is 1080. The molecule has 29 heavy (non-hydrogen) atoms. The maximum absolute atomic E-state index is 13.1. The van der Waals surface area contributed by atoms with Crippen molar-refractivity contribution >= 4 is 16.9 Å². The molecule has 152 valence electrons. The monoisotopic (exact) mass is 393 g/mol. The zero-order valence-corrected chi connectivity index (χ0v) is 17.4. The fraction of sp³-hybridized carbons (Fsp3) is 0.348. The summed E-state index contributed by atoms with van der Waals surface area (Å²) >= 11 is 0. The minimum Gasteiger partial charge on any atom is -0.461 e. The molecule has 0 aliphatic carbocycles. The second-order valence-electron chi connectivity index (χ2n) is 6.98. The van der Waals surface area contributed by atoms with E-state index in [1.165, 1.54) is 0 Å². The first-order chi connectivity index (χ1) is 14.0. The van der Waals surface area contributed by atoms with Crippen molar-refractivity contribution in [3.63, 3.8) is 0 Å². The number of rotatable bonds is 7. The van der Waals surface area contributed by atoms with Crippen molar-refractivity contribution in [3.8, 4) is 5.69 Å². The summed E-state index contributed by atoms with van der Waals surface area (Å²) in [5, 5.41) is 0.546. The van der Waals surface area contributed by atoms with Crippen molar-refractivity contribution < 1.29 is 9.53 Å². The van der Waals surface area contributed by atoms with E-state index in [0.29, 0.717) is 41.1 Å². The van der Waals surface area contributed by atoms with Crippen LogP contribution in [0.2, 0.25) is 0 Å². The van der Waals surface area contributed by atoms with Crippen LogP contribution in [0, 0.1) is 13.8 Å². The van der Waals surface area contributed by atoms with E-state index in [0.717, 1.165) is 18.7 Å². The molecule has 0 amide bonds. The number of esters is 1. The predicted octanol–water partition coefficient (Wildman–Crippen LogP) is 3.50. The second-order valence-corrected chi connectivity index (χ2v) is 6.98. The molecule has 0 saturated carbocycles. The highest BCUT2D eigenvalue weighted by molar-refractivity contribution is 5.90. The molecule has 1 heterocycles. The number of likely N-dealkylation sites (N-methyl/N-ethyl adjacent to an activating group) is 1. The lowest BCUT2D eigenvalue weighted by Gasteiger charge is -2.18. The van der Waals surface area contributed by atoms with Crippen LogP contribution in [0.15, 0.2) is 47.3 Å². The van der Waals surface area contributed by atoms with Crippen molar-refractivity contribution in [1.29, 1.82) is 0 Å². The number of aryl methyl sites for hydroxylation is 2. The van der Waals surface area contributed by atoms with Gasteiger partial charge in [0, 0.05) is 6.54 Å². The second kappa shape index (κ2) is 9.01. The van der Waals surface area contributed by atoms with Crippen molar-refractivity contribution in [2.45, 2.75) is 27.7 Å². The van der Waals surface area contributed by atoms with Crippen molar-refractivity contribution in [3.05, 3.63) is 69.8 Å². The van der Waals surface area contributed by atoms with Crippen molar-refractivity contribution in [1.82, 2.24) is 14.5 Å². The maximum atomic E-state index is 13.1. The van der Waals surface area contributed by atoms with E-state index in [4.69, 9.17) is 4.74 Å². The molecule has 0 aliphatic rings. The van der Waals surface area contributed by atoms with E-state index in [1.54, 1.807) is 29.7 Å². The van der Waals surface area contributed by atoms with Gasteiger partial charge < -0.3 is 9.64 Å². The lowest BCUT2D eigenvalue weighted by atomic mass is 10.1. The smallest absolute Gasteiger partial charge is 0.338 e. The molecule has 6 heteroatoms. The Morgan fingerprint density at radius 3 is 2.55 bits per heavy atom. The average Bonchev–Trinajstić information content (AvgIpc) is 2.72. The number of carbonyl (C=O) groups excluding carboxylic acids is 1. The summed E-state index contributed by atoms with van der Waals surface area (Å²) in [6.45, 7) is 10.7. The lowest BCUT2D eigenvalue weighted by molar-refractivity contribution is 0.0466. The van der Waals surface area contributed by atoms with Gasteiger partial charge in [-0.15, -0.1) is 0 Å². The fourth-order valence-corrected chi connectivity index (χ4v) is 3.40. The lowest BCUT2D eigenvalue weighted by Crippen LogP contribution is -2.28. The van der Waals surface area contributed by atoms with Crippen LogP contribution in [0.1, 0.15) is 35.6 Å². The average molecular weight is 393 g/mol. The molecular weight excluding hydrogens is 366 g/mol. The third kappa shape index (κ3) is 4.38. The third-order valence-corrected chi connectivity index (χ3v) is 5.16. The van der Waals surface area contributed by atoms with E-state index >= 15 is 0 Å². The molecule has 0 N–H and O–H groups in total. The molecule has 0 unspecified atom stereocenters. The van der Waals surface area contributed by atoms with Gasteiger partial charge in [0.15, 0.2) is 0 Å². The highest BCUT2D eigenvalue weighted by Gasteiger charge is 2.15. The zero-order valence-electron chi connectivity index (χ0n) is 17.4. The Morgan fingerprint density at radius 2 is 1.83 bits per heavy atom. The first kappa shape index (κ1) is 20.7. The predicted molar refractivity (Wildman–Crippen MR) is 115 cm³/mol. The van der Waals surface area contributed by atoms with Gasteiger partial charge in [-0.3, -0.25) is 9.36 Å². The summed E-state index contributed by atoms with van der Waals surface area (Å²) in [6.07, 6.45) is 0. The topological polar surface area (TPSA) is 64.4 Å². The number of hydrogen-bond acceptors (Lipinski definition) is 5. The molecular formula is C23H27N3O3. The molecule has 1 aromatic heterocycles. The van der Waals surface area contributed by atoms with Gasteiger partial charge in [0.05, 0.1) is 22.2 Å². The van der Waals surface area contributed by atoms with E-state index < -0.39 is 5.97 Å². The number of aromatic nitrogens is 2. The minimum atomic E-state index is -0.391. The largest absolute Gasteiger partial charge is 0.461 e. The van der Waals surface area contributed by atoms with Gasteiger partial charge >= 0.3 is 5.97 Å². The van der Waals surface area contributed by atoms with Crippen LogP contribution >= 0.6 is 0 Å². The van der Waals surface area contributed by atoms with E-state index in [9.17, 15) is 9.59 Å². The Kier molecular flexibility index (Phi) is 6.44. The summed E-state index contributed by atoms with van der Waals surface area (Å²) in [5.41, 5.74) is 2.46. The van der Waals surface area contributed by atoms with Gasteiger partial charge in [-0.05, 0) is 56.8 Å². The van der Waals surface area contributed by atoms with E-state index in [1.807, 2.05) is 31.2 Å². The van der Waals surface area contributed by atoms with Crippen LogP contribution in [0.25, 0.3) is 16.6 Å². The normalized spacial score (nSPS) is 11.2. The zero-order chi connectivity index (χ0) is 21.0. The van der Waals surface area contributed by atoms with Crippen LogP contribution in [0.5, 0.6) is 0 Å². The van der Waals surface area contributed by atoms with Gasteiger partial charge in [0.1, 0.15) is 12.4 Å². The number of benzene rings is 2. The van der Waals surface area contributed by atoms with Gasteiger partial charge in [0.2, 0.25) is 0 Å². The molecule has 3 aromatic rings. The third-order valence-electron chi connectivity index (χ3n) is 5.16. The first-order valence-corrected chi connectivity index (χ1v) is 9.95. The molecule has 0 fully saturated rings. The molecule has 0 radical (unpaired) electrons. The number of fused-ring (bicyclic) bond motifs is 1. The van der Waals surface area contributed by atoms with Crippen LogP contribution in [0.3, 0.4) is 0 Å². The highest BCUT2D eigenvalue weighted by atomic mass is 16.5. The first-order valence-electron chi connectivity index (χ1n) is 9.95. The molecule has 0 atom stereocenters. The van der Waals surface area contributed by atoms with Gasteiger partial charge in [-0.2, -0.15) is 0 Å². The molecule has 3 rings (SSSR count).